The molecule has 2 aromatic carbocycles. The summed E-state index contributed by atoms with van der Waals surface area (Å²) < 4.78 is 49.3. The number of nitrogens with one attached hydrogen (secondary N) is 2. The number of carbonyl (C=O) groups excluding carboxylic acids is 4. The molecule has 4 saturated heterocycles. The molecule has 0 amide bonds. The Bertz CT molecular complexity index is 1580. The molecule has 0 saturated carbocycles. The fourth-order valence-electron chi connectivity index (χ4n) is 7.20. The van der Waals surface area contributed by atoms with E-state index < -0.39 is 72.9 Å². The molecule has 2 aromatic rings. The Labute approximate surface area is 317 Å². The second kappa shape index (κ2) is 13.8. The molecule has 2 unspecified atom stereocenters. The maximum absolute atomic E-state index is 13.1. The minimum absolute atomic E-state index is 0.512. The number of carbonyl (C=O) groups is 4. The Morgan fingerprint density at radius 1 is 0.444 bits per heavy atom. The Morgan fingerprint density at radius 3 is 0.944 bits per heavy atom. The summed E-state index contributed by atoms with van der Waals surface area (Å²) in [4.78, 5) is 52.4. The molecular weight excluding hydrogens is 738 g/mol. The summed E-state index contributed by atoms with van der Waals surface area (Å²) in [5.41, 5.74) is -4.13. The van der Waals surface area contributed by atoms with E-state index in [0.717, 1.165) is 38.5 Å². The van der Waals surface area contributed by atoms with Crippen molar-refractivity contribution in [2.75, 3.05) is 13.1 Å². The van der Waals surface area contributed by atoms with Crippen LogP contribution in [0.1, 0.15) is 117 Å². The summed E-state index contributed by atoms with van der Waals surface area (Å²) >= 11 is 0. The molecule has 298 valence electrons. The van der Waals surface area contributed by atoms with E-state index in [1.807, 2.05) is 60.7 Å². The molecule has 14 nitrogen and oxygen atoms in total. The molecule has 0 bridgehead atoms. The summed E-state index contributed by atoms with van der Waals surface area (Å²) in [6.45, 7) is 13.6. The van der Waals surface area contributed by atoms with Gasteiger partial charge in [0, 0.05) is 0 Å². The van der Waals surface area contributed by atoms with Crippen LogP contribution < -0.4 is 10.6 Å². The standard InChI is InChI=1S/C38H54N2O12P2/c1-35(2)31(41)45-53(49-35,46-32(42)36(3,4)50-53)29(27-21-15-13-16-22-27)39-25-19-11-9-10-12-20-26-40-30(28-23-17-14-18-24-28)54(47-33(43)37(5,6)51-54)48-34(44)38(7,8)52-54/h13-18,21-24,29-30,39-40H,9-12,19-20,25-26H2,1-8H3. The molecule has 0 aliphatic carbocycles. The monoisotopic (exact) mass is 792 g/mol. The van der Waals surface area contributed by atoms with Gasteiger partial charge in [-0.1, -0.05) is 0 Å². The van der Waals surface area contributed by atoms with E-state index >= 15 is 0 Å². The number of hydrogen-bond donors (Lipinski definition) is 2. The Morgan fingerprint density at radius 2 is 0.704 bits per heavy atom. The van der Waals surface area contributed by atoms with Gasteiger partial charge >= 0.3 is 318 Å². The van der Waals surface area contributed by atoms with Gasteiger partial charge in [0.25, 0.3) is 0 Å². The van der Waals surface area contributed by atoms with E-state index in [2.05, 4.69) is 10.6 Å². The van der Waals surface area contributed by atoms with Crippen LogP contribution in [0.25, 0.3) is 0 Å². The van der Waals surface area contributed by atoms with Crippen LogP contribution in [0.5, 0.6) is 0 Å². The van der Waals surface area contributed by atoms with Crippen molar-refractivity contribution in [2.45, 2.75) is 128 Å². The van der Waals surface area contributed by atoms with Crippen LogP contribution in [-0.4, -0.2) is 59.4 Å². The summed E-state index contributed by atoms with van der Waals surface area (Å²) in [6.07, 6.45) is 5.26. The van der Waals surface area contributed by atoms with Crippen molar-refractivity contribution >= 4 is 38.9 Å². The van der Waals surface area contributed by atoms with Crippen LogP contribution in [0.4, 0.5) is 0 Å². The molecule has 4 aliphatic rings. The zero-order valence-corrected chi connectivity index (χ0v) is 34.2. The van der Waals surface area contributed by atoms with Gasteiger partial charge in [-0.3, -0.25) is 0 Å². The van der Waals surface area contributed by atoms with E-state index in [9.17, 15) is 19.2 Å². The fourth-order valence-corrected chi connectivity index (χ4v) is 16.3. The van der Waals surface area contributed by atoms with Crippen LogP contribution in [0.15, 0.2) is 60.7 Å². The third kappa shape index (κ3) is 7.09. The molecule has 0 radical (unpaired) electrons. The third-order valence-corrected chi connectivity index (χ3v) is 17.6. The van der Waals surface area contributed by atoms with Crippen LogP contribution in [-0.2, 0) is 55.4 Å². The van der Waals surface area contributed by atoms with E-state index in [-0.39, 0.29) is 0 Å². The van der Waals surface area contributed by atoms with Crippen molar-refractivity contribution in [1.29, 1.82) is 0 Å². The van der Waals surface area contributed by atoms with Gasteiger partial charge in [-0.25, -0.2) is 0 Å². The van der Waals surface area contributed by atoms with Crippen molar-refractivity contribution in [3.8, 4) is 0 Å². The van der Waals surface area contributed by atoms with Gasteiger partial charge < -0.3 is 0 Å². The predicted octanol–water partition coefficient (Wildman–Crippen LogP) is 7.74. The first-order valence-electron chi connectivity index (χ1n) is 18.6. The van der Waals surface area contributed by atoms with Crippen molar-refractivity contribution in [3.63, 3.8) is 0 Å². The molecule has 54 heavy (non-hydrogen) atoms. The third-order valence-electron chi connectivity index (χ3n) is 9.88. The average molecular weight is 793 g/mol. The van der Waals surface area contributed by atoms with E-state index in [4.69, 9.17) is 36.2 Å². The van der Waals surface area contributed by atoms with Crippen molar-refractivity contribution < 1.29 is 55.4 Å². The van der Waals surface area contributed by atoms with Crippen LogP contribution in [0.2, 0.25) is 0 Å². The zero-order chi connectivity index (χ0) is 39.3. The Balaban J connectivity index is 1.06. The minimum atomic E-state index is -4.86. The topological polar surface area (TPSA) is 166 Å². The van der Waals surface area contributed by atoms with Crippen molar-refractivity contribution in [1.82, 2.24) is 10.6 Å². The first-order chi connectivity index (χ1) is 25.2. The van der Waals surface area contributed by atoms with Gasteiger partial charge in [-0.2, -0.15) is 0 Å². The molecule has 2 N–H and O–H groups in total. The van der Waals surface area contributed by atoms with Gasteiger partial charge in [0.1, 0.15) is 0 Å². The van der Waals surface area contributed by atoms with Crippen LogP contribution >= 0.6 is 15.0 Å². The number of benzene rings is 2. The zero-order valence-electron chi connectivity index (χ0n) is 32.4. The van der Waals surface area contributed by atoms with Crippen LogP contribution in [0.3, 0.4) is 0 Å². The van der Waals surface area contributed by atoms with Crippen LogP contribution in [0, 0.1) is 0 Å². The summed E-state index contributed by atoms with van der Waals surface area (Å²) in [6, 6.07) is 18.6. The molecule has 0 aromatic heterocycles. The van der Waals surface area contributed by atoms with E-state index in [1.165, 1.54) is 0 Å². The van der Waals surface area contributed by atoms with Gasteiger partial charge in [0.05, 0.1) is 0 Å². The van der Waals surface area contributed by atoms with Crippen molar-refractivity contribution in [3.05, 3.63) is 71.8 Å². The Kier molecular flexibility index (Phi) is 10.4. The second-order valence-corrected chi connectivity index (χ2v) is 22.3. The SMILES string of the molecule is CC1(C)OP2(C(NCCCCCCCCNC(c3ccccc3)P34(OC(=O)C(C)(C)O3)OC(=O)C(C)(C)O4)c3ccccc3)(OC1=O)OC(=O)C(C)(C)O2. The first kappa shape index (κ1) is 40.6. The predicted molar refractivity (Wildman–Crippen MR) is 201 cm³/mol. The normalized spacial score (nSPS) is 27.1. The molecule has 4 heterocycles. The molecule has 4 fully saturated rings. The van der Waals surface area contributed by atoms with E-state index in [0.29, 0.717) is 24.2 Å². The number of rotatable bonds is 15. The Hall–Kier alpha value is -3.06. The molecule has 2 atom stereocenters. The van der Waals surface area contributed by atoms with Gasteiger partial charge in [0.2, 0.25) is 0 Å². The summed E-state index contributed by atoms with van der Waals surface area (Å²) in [5.74, 6) is -4.34. The first-order valence-corrected chi connectivity index (χ1v) is 22.6. The molecule has 4 aliphatic heterocycles. The number of hydrogen-bond acceptors (Lipinski definition) is 14. The quantitative estimate of drug-likeness (QED) is 0.133. The van der Waals surface area contributed by atoms with E-state index in [1.54, 1.807) is 55.4 Å². The molecular formula is C38H54N2O12P2. The molecule has 6 rings (SSSR count). The summed E-state index contributed by atoms with van der Waals surface area (Å²) in [7, 11) is -9.72. The van der Waals surface area contributed by atoms with Gasteiger partial charge in [0.15, 0.2) is 0 Å². The van der Waals surface area contributed by atoms with Crippen molar-refractivity contribution in [2.24, 2.45) is 0 Å². The maximum atomic E-state index is 13.1. The average Bonchev–Trinajstić information content (AvgIpc) is 3.59. The van der Waals surface area contributed by atoms with Gasteiger partial charge in [-0.15, -0.1) is 0 Å². The summed E-state index contributed by atoms with van der Waals surface area (Å²) in [5, 5.41) is 6.95. The molecule has 16 heteroatoms. The second-order valence-electron chi connectivity index (χ2n) is 16.3. The number of unbranched alkanes of at least 4 members (excludes halogenated alkanes) is 5. The fraction of sp³-hybridized carbons (Fsp3) is 0.579. The van der Waals surface area contributed by atoms with Gasteiger partial charge in [-0.05, 0) is 0 Å². The molecule has 2 spiro atoms.